The van der Waals surface area contributed by atoms with Gasteiger partial charge in [-0.05, 0) is 74.1 Å². The normalized spacial score (nSPS) is 29.1. The Labute approximate surface area is 146 Å². The summed E-state index contributed by atoms with van der Waals surface area (Å²) in [5.74, 6) is -0.697. The van der Waals surface area contributed by atoms with E-state index in [0.717, 1.165) is 50.5 Å². The number of halogens is 2. The third-order valence-electron chi connectivity index (χ3n) is 5.48. The smallest absolute Gasteiger partial charge is 0.303 e. The van der Waals surface area contributed by atoms with Gasteiger partial charge in [0.2, 0.25) is 0 Å². The van der Waals surface area contributed by atoms with Gasteiger partial charge in [-0.2, -0.15) is 0 Å². The van der Waals surface area contributed by atoms with Crippen molar-refractivity contribution in [2.24, 2.45) is 5.41 Å². The van der Waals surface area contributed by atoms with Crippen molar-refractivity contribution in [2.75, 3.05) is 0 Å². The summed E-state index contributed by atoms with van der Waals surface area (Å²) in [6.45, 7) is 0.533. The lowest BCUT2D eigenvalue weighted by Crippen LogP contribution is -2.26. The molecule has 0 atom stereocenters. The van der Waals surface area contributed by atoms with Crippen LogP contribution >= 0.6 is 23.2 Å². The maximum Gasteiger partial charge on any atom is 0.303 e. The first-order valence-corrected chi connectivity index (χ1v) is 8.97. The van der Waals surface area contributed by atoms with Crippen molar-refractivity contribution < 1.29 is 14.6 Å². The molecular weight excluding hydrogens is 335 g/mol. The van der Waals surface area contributed by atoms with Gasteiger partial charge >= 0.3 is 5.97 Å². The summed E-state index contributed by atoms with van der Waals surface area (Å²) < 4.78 is 6.30. The Morgan fingerprint density at radius 2 is 1.78 bits per heavy atom. The van der Waals surface area contributed by atoms with E-state index in [1.54, 1.807) is 6.07 Å². The summed E-state index contributed by atoms with van der Waals surface area (Å²) in [7, 11) is 0. The third-order valence-corrected chi connectivity index (χ3v) is 5.92. The predicted molar refractivity (Wildman–Crippen MR) is 91.0 cm³/mol. The quantitative estimate of drug-likeness (QED) is 0.704. The number of carbonyl (C=O) groups is 1. The van der Waals surface area contributed by atoms with Gasteiger partial charge < -0.3 is 9.84 Å². The molecular formula is C18H22Cl2O3. The van der Waals surface area contributed by atoms with E-state index in [0.29, 0.717) is 22.1 Å². The lowest BCUT2D eigenvalue weighted by molar-refractivity contribution is -0.137. The van der Waals surface area contributed by atoms with Crippen LogP contribution in [0.4, 0.5) is 0 Å². The SMILES string of the molecule is O=C(O)CCCC12CCC(OCc3cc(Cl)cc(Cl)c3)(CC1)C2. The van der Waals surface area contributed by atoms with E-state index in [2.05, 4.69) is 0 Å². The van der Waals surface area contributed by atoms with Gasteiger partial charge in [0.05, 0.1) is 12.2 Å². The molecule has 5 heteroatoms. The van der Waals surface area contributed by atoms with Crippen molar-refractivity contribution >= 4 is 29.2 Å². The lowest BCUT2D eigenvalue weighted by atomic mass is 9.80. The second kappa shape index (κ2) is 6.62. The maximum atomic E-state index is 10.7. The van der Waals surface area contributed by atoms with E-state index in [1.807, 2.05) is 12.1 Å². The Kier molecular flexibility index (Phi) is 4.91. The van der Waals surface area contributed by atoms with E-state index in [4.69, 9.17) is 33.0 Å². The zero-order valence-electron chi connectivity index (χ0n) is 13.1. The molecule has 3 nitrogen and oxygen atoms in total. The van der Waals surface area contributed by atoms with E-state index < -0.39 is 5.97 Å². The zero-order valence-corrected chi connectivity index (χ0v) is 14.6. The van der Waals surface area contributed by atoms with Crippen LogP contribution in [0.5, 0.6) is 0 Å². The number of aliphatic carboxylic acids is 1. The molecule has 126 valence electrons. The van der Waals surface area contributed by atoms with Crippen molar-refractivity contribution in [3.05, 3.63) is 33.8 Å². The number of hydrogen-bond donors (Lipinski definition) is 1. The molecule has 0 amide bonds. The molecule has 2 aliphatic carbocycles. The minimum Gasteiger partial charge on any atom is -0.481 e. The van der Waals surface area contributed by atoms with E-state index in [-0.39, 0.29) is 12.0 Å². The summed E-state index contributed by atoms with van der Waals surface area (Å²) in [5, 5.41) is 10.1. The summed E-state index contributed by atoms with van der Waals surface area (Å²) in [5.41, 5.74) is 1.28. The fraction of sp³-hybridized carbons (Fsp3) is 0.611. The number of benzene rings is 1. The Morgan fingerprint density at radius 1 is 1.13 bits per heavy atom. The Morgan fingerprint density at radius 3 is 2.39 bits per heavy atom. The van der Waals surface area contributed by atoms with Crippen molar-refractivity contribution in [3.63, 3.8) is 0 Å². The van der Waals surface area contributed by atoms with E-state index in [9.17, 15) is 4.79 Å². The minimum atomic E-state index is -0.697. The highest BCUT2D eigenvalue weighted by Gasteiger charge is 2.54. The fourth-order valence-corrected chi connectivity index (χ4v) is 4.92. The molecule has 23 heavy (non-hydrogen) atoms. The van der Waals surface area contributed by atoms with Gasteiger partial charge in [-0.3, -0.25) is 4.79 Å². The number of rotatable bonds is 7. The first kappa shape index (κ1) is 17.1. The Balaban J connectivity index is 1.56. The summed E-state index contributed by atoms with van der Waals surface area (Å²) >= 11 is 12.1. The molecule has 3 rings (SSSR count). The number of fused-ring (bicyclic) bond motifs is 2. The van der Waals surface area contributed by atoms with Gasteiger partial charge in [0.15, 0.2) is 0 Å². The van der Waals surface area contributed by atoms with Crippen molar-refractivity contribution in [2.45, 2.75) is 63.6 Å². The Bertz CT molecular complexity index is 572. The molecule has 0 heterocycles. The van der Waals surface area contributed by atoms with Crippen LogP contribution in [0.3, 0.4) is 0 Å². The molecule has 1 aromatic rings. The highest BCUT2D eigenvalue weighted by atomic mass is 35.5. The largest absolute Gasteiger partial charge is 0.481 e. The number of hydrogen-bond acceptors (Lipinski definition) is 2. The number of carboxylic acids is 1. The van der Waals surface area contributed by atoms with Crippen LogP contribution in [-0.2, 0) is 16.1 Å². The van der Waals surface area contributed by atoms with E-state index >= 15 is 0 Å². The molecule has 2 bridgehead atoms. The Hall–Kier alpha value is -0.770. The molecule has 2 fully saturated rings. The van der Waals surface area contributed by atoms with E-state index in [1.165, 1.54) is 0 Å². The summed E-state index contributed by atoms with van der Waals surface area (Å²) in [4.78, 5) is 10.7. The van der Waals surface area contributed by atoms with Crippen LogP contribution in [0.1, 0.15) is 56.9 Å². The molecule has 0 aromatic heterocycles. The van der Waals surface area contributed by atoms with Gasteiger partial charge in [-0.1, -0.05) is 23.2 Å². The molecule has 1 N–H and O–H groups in total. The van der Waals surface area contributed by atoms with Gasteiger partial charge in [-0.25, -0.2) is 0 Å². The molecule has 0 radical (unpaired) electrons. The topological polar surface area (TPSA) is 46.5 Å². The molecule has 2 saturated carbocycles. The average Bonchev–Trinajstić information content (AvgIpc) is 3.00. The number of carboxylic acid groups (broad SMARTS) is 1. The minimum absolute atomic E-state index is 0.0297. The van der Waals surface area contributed by atoms with Crippen LogP contribution in [-0.4, -0.2) is 16.7 Å². The zero-order chi connectivity index (χ0) is 16.5. The van der Waals surface area contributed by atoms with Gasteiger partial charge in [-0.15, -0.1) is 0 Å². The monoisotopic (exact) mass is 356 g/mol. The lowest BCUT2D eigenvalue weighted by Gasteiger charge is -2.28. The summed E-state index contributed by atoms with van der Waals surface area (Å²) in [6, 6.07) is 5.52. The molecule has 0 saturated heterocycles. The average molecular weight is 357 g/mol. The molecule has 1 aromatic carbocycles. The molecule has 0 unspecified atom stereocenters. The van der Waals surface area contributed by atoms with Gasteiger partial charge in [0.1, 0.15) is 0 Å². The fourth-order valence-electron chi connectivity index (χ4n) is 4.35. The molecule has 2 aliphatic rings. The van der Waals surface area contributed by atoms with Crippen LogP contribution < -0.4 is 0 Å². The third kappa shape index (κ3) is 4.01. The van der Waals surface area contributed by atoms with Crippen LogP contribution in [0, 0.1) is 5.41 Å². The highest BCUT2D eigenvalue weighted by Crippen LogP contribution is 2.60. The second-order valence-corrected chi connectivity index (χ2v) is 8.05. The molecule has 0 aliphatic heterocycles. The highest BCUT2D eigenvalue weighted by molar-refractivity contribution is 6.34. The number of ether oxygens (including phenoxy) is 1. The standard InChI is InChI=1S/C18H22Cl2O3/c19-14-8-13(9-15(20)10-14)11-23-18-6-4-17(12-18,5-7-18)3-1-2-16(21)22/h8-10H,1-7,11-12H2,(H,21,22). The van der Waals surface area contributed by atoms with Crippen molar-refractivity contribution in [1.29, 1.82) is 0 Å². The van der Waals surface area contributed by atoms with Crippen LogP contribution in [0.25, 0.3) is 0 Å². The van der Waals surface area contributed by atoms with Crippen molar-refractivity contribution in [3.8, 4) is 0 Å². The first-order chi connectivity index (χ1) is 10.9. The molecule has 0 spiro atoms. The second-order valence-electron chi connectivity index (χ2n) is 7.17. The maximum absolute atomic E-state index is 10.7. The van der Waals surface area contributed by atoms with Gasteiger partial charge in [0, 0.05) is 16.5 Å². The predicted octanol–water partition coefficient (Wildman–Crippen LogP) is 5.47. The first-order valence-electron chi connectivity index (χ1n) is 8.21. The van der Waals surface area contributed by atoms with Crippen LogP contribution in [0.15, 0.2) is 18.2 Å². The van der Waals surface area contributed by atoms with Crippen LogP contribution in [0.2, 0.25) is 10.0 Å². The summed E-state index contributed by atoms with van der Waals surface area (Å²) in [6.07, 6.45) is 7.59. The van der Waals surface area contributed by atoms with Crippen molar-refractivity contribution in [1.82, 2.24) is 0 Å². The van der Waals surface area contributed by atoms with Gasteiger partial charge in [0.25, 0.3) is 0 Å².